The number of carbonyl (C=O) groups is 1. The van der Waals surface area contributed by atoms with Crippen molar-refractivity contribution < 1.29 is 4.79 Å². The molecule has 0 aromatic carbocycles. The van der Waals surface area contributed by atoms with E-state index in [1.807, 2.05) is 50.4 Å². The van der Waals surface area contributed by atoms with Crippen LogP contribution in [0.5, 0.6) is 0 Å². The summed E-state index contributed by atoms with van der Waals surface area (Å²) in [7, 11) is 1.75. The van der Waals surface area contributed by atoms with Crippen LogP contribution in [0.25, 0.3) is 5.65 Å². The summed E-state index contributed by atoms with van der Waals surface area (Å²) in [6.45, 7) is 8.06. The summed E-state index contributed by atoms with van der Waals surface area (Å²) in [5, 5.41) is 0. The van der Waals surface area contributed by atoms with E-state index < -0.39 is 0 Å². The van der Waals surface area contributed by atoms with Crippen LogP contribution in [0.2, 0.25) is 0 Å². The van der Waals surface area contributed by atoms with E-state index in [-0.39, 0.29) is 0 Å². The van der Waals surface area contributed by atoms with Crippen LogP contribution in [0.15, 0.2) is 18.3 Å². The Labute approximate surface area is 108 Å². The SMILES string of the molecule is CC.CCc1nc2ccc(C)cn2c1N(C)C=O. The van der Waals surface area contributed by atoms with Crippen LogP contribution in [-0.2, 0) is 11.2 Å². The van der Waals surface area contributed by atoms with Crippen molar-refractivity contribution in [1.29, 1.82) is 0 Å². The standard InChI is InChI=1S/C12H15N3O.C2H6/c1-4-10-12(14(3)8-16)15-7-9(2)5-6-11(15)13-10;1-2/h5-8H,4H2,1-3H3;1-2H3. The molecule has 0 aliphatic heterocycles. The maximum Gasteiger partial charge on any atom is 0.215 e. The van der Waals surface area contributed by atoms with Crippen molar-refractivity contribution in [2.45, 2.75) is 34.1 Å². The summed E-state index contributed by atoms with van der Waals surface area (Å²) in [6, 6.07) is 3.99. The molecule has 0 saturated carbocycles. The highest BCUT2D eigenvalue weighted by molar-refractivity contribution is 5.75. The summed E-state index contributed by atoms with van der Waals surface area (Å²) >= 11 is 0. The molecule has 2 heterocycles. The first-order chi connectivity index (χ1) is 8.67. The summed E-state index contributed by atoms with van der Waals surface area (Å²) in [5.74, 6) is 0.858. The molecule has 0 bridgehead atoms. The summed E-state index contributed by atoms with van der Waals surface area (Å²) in [5.41, 5.74) is 2.97. The number of imidazole rings is 1. The molecule has 4 nitrogen and oxygen atoms in total. The Morgan fingerprint density at radius 2 is 2.06 bits per heavy atom. The lowest BCUT2D eigenvalue weighted by molar-refractivity contribution is -0.107. The van der Waals surface area contributed by atoms with E-state index in [1.54, 1.807) is 11.9 Å². The van der Waals surface area contributed by atoms with E-state index in [0.717, 1.165) is 35.6 Å². The van der Waals surface area contributed by atoms with Crippen molar-refractivity contribution in [3.63, 3.8) is 0 Å². The summed E-state index contributed by atoms with van der Waals surface area (Å²) in [4.78, 5) is 17.0. The Morgan fingerprint density at radius 3 is 2.61 bits per heavy atom. The molecule has 2 aromatic heterocycles. The zero-order chi connectivity index (χ0) is 13.7. The number of hydrogen-bond donors (Lipinski definition) is 0. The zero-order valence-corrected chi connectivity index (χ0v) is 11.8. The average molecular weight is 247 g/mol. The van der Waals surface area contributed by atoms with E-state index in [2.05, 4.69) is 4.98 Å². The molecule has 0 aliphatic carbocycles. The third-order valence-electron chi connectivity index (χ3n) is 2.64. The summed E-state index contributed by atoms with van der Waals surface area (Å²) in [6.07, 6.45) is 3.62. The number of amides is 1. The molecule has 0 aliphatic rings. The number of nitrogens with zero attached hydrogens (tertiary/aromatic N) is 3. The lowest BCUT2D eigenvalue weighted by atomic mass is 10.3. The largest absolute Gasteiger partial charge is 0.302 e. The van der Waals surface area contributed by atoms with Crippen molar-refractivity contribution >= 4 is 17.9 Å². The molecule has 2 aromatic rings. The molecule has 0 saturated heterocycles. The lowest BCUT2D eigenvalue weighted by Crippen LogP contribution is -2.17. The minimum absolute atomic E-state index is 0.810. The molecule has 1 amide bonds. The molecule has 0 atom stereocenters. The van der Waals surface area contributed by atoms with Gasteiger partial charge < -0.3 is 4.90 Å². The predicted molar refractivity (Wildman–Crippen MR) is 75.1 cm³/mol. The quantitative estimate of drug-likeness (QED) is 0.782. The molecule has 0 unspecified atom stereocenters. The van der Waals surface area contributed by atoms with Gasteiger partial charge in [0.1, 0.15) is 11.5 Å². The minimum atomic E-state index is 0.810. The minimum Gasteiger partial charge on any atom is -0.302 e. The number of aryl methyl sites for hydroxylation is 2. The van der Waals surface area contributed by atoms with Crippen LogP contribution in [0.3, 0.4) is 0 Å². The maximum absolute atomic E-state index is 10.9. The van der Waals surface area contributed by atoms with Gasteiger partial charge in [-0.15, -0.1) is 0 Å². The van der Waals surface area contributed by atoms with Crippen molar-refractivity contribution in [3.8, 4) is 0 Å². The van der Waals surface area contributed by atoms with Gasteiger partial charge in [-0.2, -0.15) is 0 Å². The Hall–Kier alpha value is -1.84. The maximum atomic E-state index is 10.9. The third kappa shape index (κ3) is 2.53. The second kappa shape index (κ2) is 6.19. The topological polar surface area (TPSA) is 37.6 Å². The average Bonchev–Trinajstić information content (AvgIpc) is 2.77. The predicted octanol–water partition coefficient (Wildman–Crippen LogP) is 2.82. The Kier molecular flexibility index (Phi) is 4.89. The second-order valence-electron chi connectivity index (χ2n) is 3.89. The highest BCUT2D eigenvalue weighted by Crippen LogP contribution is 2.21. The van der Waals surface area contributed by atoms with Gasteiger partial charge in [-0.1, -0.05) is 26.8 Å². The van der Waals surface area contributed by atoms with E-state index in [0.29, 0.717) is 0 Å². The van der Waals surface area contributed by atoms with Gasteiger partial charge in [0.2, 0.25) is 6.41 Å². The van der Waals surface area contributed by atoms with Crippen molar-refractivity contribution in [3.05, 3.63) is 29.6 Å². The molecule has 0 spiro atoms. The van der Waals surface area contributed by atoms with Crippen molar-refractivity contribution in [2.24, 2.45) is 0 Å². The number of aromatic nitrogens is 2. The summed E-state index contributed by atoms with van der Waals surface area (Å²) < 4.78 is 1.96. The first-order valence-electron chi connectivity index (χ1n) is 6.33. The van der Waals surface area contributed by atoms with Crippen LogP contribution < -0.4 is 4.90 Å². The monoisotopic (exact) mass is 247 g/mol. The smallest absolute Gasteiger partial charge is 0.215 e. The second-order valence-corrected chi connectivity index (χ2v) is 3.89. The molecule has 0 N–H and O–H groups in total. The van der Waals surface area contributed by atoms with Crippen LogP contribution in [0, 0.1) is 6.92 Å². The Morgan fingerprint density at radius 1 is 1.39 bits per heavy atom. The molecule has 2 rings (SSSR count). The molecule has 4 heteroatoms. The fourth-order valence-corrected chi connectivity index (χ4v) is 1.85. The first kappa shape index (κ1) is 14.2. The normalized spacial score (nSPS) is 9.83. The van der Waals surface area contributed by atoms with Crippen LogP contribution >= 0.6 is 0 Å². The van der Waals surface area contributed by atoms with E-state index in [4.69, 9.17) is 0 Å². The Bertz CT molecular complexity index is 531. The fourth-order valence-electron chi connectivity index (χ4n) is 1.85. The van der Waals surface area contributed by atoms with E-state index in [1.165, 1.54) is 0 Å². The highest BCUT2D eigenvalue weighted by Gasteiger charge is 2.13. The molecule has 0 radical (unpaired) electrons. The van der Waals surface area contributed by atoms with Gasteiger partial charge in [-0.3, -0.25) is 9.20 Å². The van der Waals surface area contributed by atoms with E-state index in [9.17, 15) is 4.79 Å². The van der Waals surface area contributed by atoms with Crippen LogP contribution in [0.1, 0.15) is 32.0 Å². The van der Waals surface area contributed by atoms with Gasteiger partial charge in [0.15, 0.2) is 0 Å². The van der Waals surface area contributed by atoms with Crippen LogP contribution in [-0.4, -0.2) is 22.8 Å². The van der Waals surface area contributed by atoms with Crippen molar-refractivity contribution in [1.82, 2.24) is 9.38 Å². The van der Waals surface area contributed by atoms with Gasteiger partial charge in [0.25, 0.3) is 0 Å². The first-order valence-corrected chi connectivity index (χ1v) is 6.33. The lowest BCUT2D eigenvalue weighted by Gasteiger charge is -2.12. The number of carbonyl (C=O) groups excluding carboxylic acids is 1. The van der Waals surface area contributed by atoms with Gasteiger partial charge in [0, 0.05) is 13.2 Å². The molecular weight excluding hydrogens is 226 g/mol. The number of hydrogen-bond acceptors (Lipinski definition) is 2. The third-order valence-corrected chi connectivity index (χ3v) is 2.64. The molecule has 18 heavy (non-hydrogen) atoms. The van der Waals surface area contributed by atoms with Gasteiger partial charge >= 0.3 is 0 Å². The molecule has 0 fully saturated rings. The molecule has 98 valence electrons. The van der Waals surface area contributed by atoms with Gasteiger partial charge in [0.05, 0.1) is 5.69 Å². The number of pyridine rings is 1. The van der Waals surface area contributed by atoms with Gasteiger partial charge in [-0.25, -0.2) is 4.98 Å². The van der Waals surface area contributed by atoms with Crippen molar-refractivity contribution in [2.75, 3.05) is 11.9 Å². The fraction of sp³-hybridized carbons (Fsp3) is 0.429. The number of fused-ring (bicyclic) bond motifs is 1. The van der Waals surface area contributed by atoms with Gasteiger partial charge in [-0.05, 0) is 25.0 Å². The highest BCUT2D eigenvalue weighted by atomic mass is 16.1. The van der Waals surface area contributed by atoms with Crippen LogP contribution in [0.4, 0.5) is 5.82 Å². The Balaban J connectivity index is 0.000000771. The number of anilines is 1. The van der Waals surface area contributed by atoms with E-state index >= 15 is 0 Å². The molecular formula is C14H21N3O. The number of rotatable bonds is 3. The zero-order valence-electron chi connectivity index (χ0n) is 11.8.